The topological polar surface area (TPSA) is 60.8 Å². The number of carboxylic acid groups (broad SMARTS) is 1. The van der Waals surface area contributed by atoms with E-state index in [1.807, 2.05) is 0 Å². The molecule has 0 saturated carbocycles. The van der Waals surface area contributed by atoms with Crippen molar-refractivity contribution >= 4 is 6.09 Å². The van der Waals surface area contributed by atoms with E-state index in [-0.39, 0.29) is 11.1 Å². The number of hydrogen-bond donors (Lipinski definition) is 2. The molecule has 0 atom stereocenters. The molecule has 0 aromatic heterocycles. The Morgan fingerprint density at radius 2 is 2.00 bits per heavy atom. The Labute approximate surface area is 47.3 Å². The summed E-state index contributed by atoms with van der Waals surface area (Å²) in [6, 6.07) is -0.368. The minimum Gasteiger partial charge on any atom is -0.463 e. The molecular weight excluding hydrogens is 110 g/mol. The Morgan fingerprint density at radius 3 is 2.00 bits per heavy atom. The van der Waals surface area contributed by atoms with Gasteiger partial charge in [0.15, 0.2) is 0 Å². The summed E-state index contributed by atoms with van der Waals surface area (Å²) in [5.41, 5.74) is 0. The first kappa shape index (κ1) is 7.23. The van der Waals surface area contributed by atoms with Crippen LogP contribution in [0.3, 0.4) is 0 Å². The lowest BCUT2D eigenvalue weighted by atomic mass is 10.4. The molecule has 0 unspecified atom stereocenters. The molecule has 8 heavy (non-hydrogen) atoms. The molecule has 0 fully saturated rings. The van der Waals surface area contributed by atoms with Crippen LogP contribution in [0, 0.1) is 0 Å². The molecule has 0 saturated heterocycles. The van der Waals surface area contributed by atoms with Crippen molar-refractivity contribution in [2.45, 2.75) is 19.9 Å². The van der Waals surface area contributed by atoms with Gasteiger partial charge in [-0.25, -0.2) is 4.79 Å². The van der Waals surface area contributed by atoms with Gasteiger partial charge in [0.1, 0.15) is 0 Å². The van der Waals surface area contributed by atoms with E-state index in [0.717, 1.165) is 0 Å². The Balaban J connectivity index is 3.64. The van der Waals surface area contributed by atoms with E-state index in [2.05, 4.69) is 0 Å². The van der Waals surface area contributed by atoms with Gasteiger partial charge in [-0.1, -0.05) is 0 Å². The first-order valence-corrected chi connectivity index (χ1v) is 2.26. The summed E-state index contributed by atoms with van der Waals surface area (Å²) in [4.78, 5) is 9.82. The van der Waals surface area contributed by atoms with E-state index in [4.69, 9.17) is 10.3 Å². The van der Waals surface area contributed by atoms with Crippen LogP contribution in [0.1, 0.15) is 13.8 Å². The first-order valence-electron chi connectivity index (χ1n) is 2.26. The number of hydroxylamine groups is 2. The fraction of sp³-hybridized carbons (Fsp3) is 0.750. The molecule has 0 aliphatic heterocycles. The molecular formula is C4H9NO3. The van der Waals surface area contributed by atoms with Crippen LogP contribution in [0.2, 0.25) is 0 Å². The highest BCUT2D eigenvalue weighted by atomic mass is 16.6. The van der Waals surface area contributed by atoms with Gasteiger partial charge in [0.2, 0.25) is 0 Å². The third-order valence-corrected chi connectivity index (χ3v) is 0.685. The lowest BCUT2D eigenvalue weighted by molar-refractivity contribution is -0.0864. The molecule has 0 aromatic rings. The lowest BCUT2D eigenvalue weighted by Gasteiger charge is -2.13. The predicted molar refractivity (Wildman–Crippen MR) is 26.8 cm³/mol. The van der Waals surface area contributed by atoms with Crippen molar-refractivity contribution in [3.05, 3.63) is 0 Å². The smallest absolute Gasteiger partial charge is 0.431 e. The molecule has 0 aromatic carbocycles. The zero-order valence-electron chi connectivity index (χ0n) is 4.83. The molecule has 2 N–H and O–H groups in total. The van der Waals surface area contributed by atoms with Crippen LogP contribution in [-0.2, 0) is 0 Å². The van der Waals surface area contributed by atoms with Crippen molar-refractivity contribution in [3.63, 3.8) is 0 Å². The Bertz CT molecular complexity index is 91.3. The summed E-state index contributed by atoms with van der Waals surface area (Å²) < 4.78 is 0. The monoisotopic (exact) mass is 119 g/mol. The zero-order valence-corrected chi connectivity index (χ0v) is 4.83. The minimum atomic E-state index is -1.32. The summed E-state index contributed by atoms with van der Waals surface area (Å²) in [5, 5.41) is 16.7. The van der Waals surface area contributed by atoms with Gasteiger partial charge in [-0.05, 0) is 13.8 Å². The van der Waals surface area contributed by atoms with Crippen LogP contribution in [0.25, 0.3) is 0 Å². The van der Waals surface area contributed by atoms with Gasteiger partial charge in [0.25, 0.3) is 0 Å². The molecule has 0 aliphatic carbocycles. The molecule has 0 rings (SSSR count). The van der Waals surface area contributed by atoms with Gasteiger partial charge >= 0.3 is 6.09 Å². The molecule has 4 nitrogen and oxygen atoms in total. The van der Waals surface area contributed by atoms with Gasteiger partial charge in [-0.3, -0.25) is 5.21 Å². The second kappa shape index (κ2) is 2.52. The van der Waals surface area contributed by atoms with Crippen molar-refractivity contribution in [2.24, 2.45) is 0 Å². The average Bonchev–Trinajstić information content (AvgIpc) is 1.64. The summed E-state index contributed by atoms with van der Waals surface area (Å²) in [6.07, 6.45) is -1.32. The Morgan fingerprint density at radius 1 is 1.62 bits per heavy atom. The maximum atomic E-state index is 9.82. The van der Waals surface area contributed by atoms with E-state index in [1.165, 1.54) is 0 Å². The molecule has 48 valence electrons. The lowest BCUT2D eigenvalue weighted by Crippen LogP contribution is -2.31. The molecule has 0 spiro atoms. The molecule has 1 amide bonds. The van der Waals surface area contributed by atoms with Crippen LogP contribution in [0.15, 0.2) is 0 Å². The Hall–Kier alpha value is -0.770. The van der Waals surface area contributed by atoms with Crippen molar-refractivity contribution in [1.82, 2.24) is 5.06 Å². The average molecular weight is 119 g/mol. The van der Waals surface area contributed by atoms with Crippen LogP contribution in [0.4, 0.5) is 4.79 Å². The van der Waals surface area contributed by atoms with E-state index >= 15 is 0 Å². The minimum absolute atomic E-state index is 0.250. The summed E-state index contributed by atoms with van der Waals surface area (Å²) in [5.74, 6) is 0. The van der Waals surface area contributed by atoms with Crippen molar-refractivity contribution in [2.75, 3.05) is 0 Å². The summed E-state index contributed by atoms with van der Waals surface area (Å²) in [6.45, 7) is 3.16. The standard InChI is InChI=1S/C4H9NO3/c1-3(2)5(8)4(6)7/h3,8H,1-2H3,(H,6,7). The highest BCUT2D eigenvalue weighted by Crippen LogP contribution is 1.90. The third kappa shape index (κ3) is 1.79. The highest BCUT2D eigenvalue weighted by molar-refractivity contribution is 5.63. The fourth-order valence-corrected chi connectivity index (χ4v) is 0.221. The maximum absolute atomic E-state index is 9.82. The normalized spacial score (nSPS) is 9.50. The van der Waals surface area contributed by atoms with E-state index < -0.39 is 6.09 Å². The molecule has 0 aliphatic rings. The molecule has 0 heterocycles. The summed E-state index contributed by atoms with van der Waals surface area (Å²) >= 11 is 0. The number of carbonyl (C=O) groups is 1. The quantitative estimate of drug-likeness (QED) is 0.395. The summed E-state index contributed by atoms with van der Waals surface area (Å²) in [7, 11) is 0. The van der Waals surface area contributed by atoms with E-state index in [0.29, 0.717) is 0 Å². The Kier molecular flexibility index (Phi) is 2.27. The first-order chi connectivity index (χ1) is 3.55. The molecule has 4 heteroatoms. The van der Waals surface area contributed by atoms with Gasteiger partial charge in [0.05, 0.1) is 6.04 Å². The number of amides is 1. The van der Waals surface area contributed by atoms with Crippen molar-refractivity contribution in [1.29, 1.82) is 0 Å². The van der Waals surface area contributed by atoms with Crippen molar-refractivity contribution in [3.8, 4) is 0 Å². The van der Waals surface area contributed by atoms with Gasteiger partial charge in [0, 0.05) is 0 Å². The van der Waals surface area contributed by atoms with Crippen LogP contribution < -0.4 is 0 Å². The van der Waals surface area contributed by atoms with Gasteiger partial charge in [-0.15, -0.1) is 0 Å². The van der Waals surface area contributed by atoms with Gasteiger partial charge in [-0.2, -0.15) is 5.06 Å². The van der Waals surface area contributed by atoms with Crippen LogP contribution >= 0.6 is 0 Å². The van der Waals surface area contributed by atoms with Crippen LogP contribution in [0.5, 0.6) is 0 Å². The second-order valence-corrected chi connectivity index (χ2v) is 1.72. The fourth-order valence-electron chi connectivity index (χ4n) is 0.221. The predicted octanol–water partition coefficient (Wildman–Crippen LogP) is 0.764. The highest BCUT2D eigenvalue weighted by Gasteiger charge is 2.10. The van der Waals surface area contributed by atoms with Crippen molar-refractivity contribution < 1.29 is 15.1 Å². The largest absolute Gasteiger partial charge is 0.463 e. The molecule has 0 bridgehead atoms. The third-order valence-electron chi connectivity index (χ3n) is 0.685. The number of hydrogen-bond acceptors (Lipinski definition) is 2. The SMILES string of the molecule is CC(C)N(O)C(=O)O. The maximum Gasteiger partial charge on any atom is 0.431 e. The zero-order chi connectivity index (χ0) is 6.73. The van der Waals surface area contributed by atoms with Crippen LogP contribution in [-0.4, -0.2) is 27.5 Å². The van der Waals surface area contributed by atoms with Gasteiger partial charge < -0.3 is 5.11 Å². The molecule has 0 radical (unpaired) electrons. The van der Waals surface area contributed by atoms with E-state index in [1.54, 1.807) is 13.8 Å². The van der Waals surface area contributed by atoms with E-state index in [9.17, 15) is 4.79 Å². The number of nitrogens with zero attached hydrogens (tertiary/aromatic N) is 1. The number of rotatable bonds is 1. The second-order valence-electron chi connectivity index (χ2n) is 1.72.